The third-order valence-electron chi connectivity index (χ3n) is 3.66. The minimum absolute atomic E-state index is 0.282. The minimum Gasteiger partial charge on any atom is -0.380 e. The Morgan fingerprint density at radius 3 is 2.76 bits per heavy atom. The first-order valence-corrected chi connectivity index (χ1v) is 7.52. The first-order chi connectivity index (χ1) is 10.1. The summed E-state index contributed by atoms with van der Waals surface area (Å²) in [7, 11) is 0. The number of hydrogen-bond acceptors (Lipinski definition) is 5. The normalized spacial score (nSPS) is 17.9. The van der Waals surface area contributed by atoms with E-state index < -0.39 is 5.60 Å². The second-order valence-corrected chi connectivity index (χ2v) is 6.05. The van der Waals surface area contributed by atoms with Gasteiger partial charge in [-0.25, -0.2) is 0 Å². The Kier molecular flexibility index (Phi) is 4.17. The first kappa shape index (κ1) is 14.8. The lowest BCUT2D eigenvalue weighted by atomic mass is 9.92. The lowest BCUT2D eigenvalue weighted by Gasteiger charge is -2.28. The average Bonchev–Trinajstić information content (AvgIpc) is 2.92. The summed E-state index contributed by atoms with van der Waals surface area (Å²) < 4.78 is 5.23. The Morgan fingerprint density at radius 1 is 1.29 bits per heavy atom. The summed E-state index contributed by atoms with van der Waals surface area (Å²) in [5, 5.41) is 18.8. The highest BCUT2D eigenvalue weighted by atomic mass is 35.5. The average molecular weight is 328 g/mol. The third kappa shape index (κ3) is 3.21. The van der Waals surface area contributed by atoms with Gasteiger partial charge in [-0.1, -0.05) is 34.4 Å². The Hall–Kier alpha value is -1.14. The van der Waals surface area contributed by atoms with Crippen LogP contribution in [-0.2, 0) is 12.0 Å². The van der Waals surface area contributed by atoms with Gasteiger partial charge in [0.15, 0.2) is 5.82 Å². The highest BCUT2D eigenvalue weighted by Gasteiger charge is 2.36. The van der Waals surface area contributed by atoms with E-state index in [4.69, 9.17) is 27.7 Å². The zero-order valence-electron chi connectivity index (χ0n) is 11.3. The highest BCUT2D eigenvalue weighted by molar-refractivity contribution is 6.35. The Balaban J connectivity index is 1.78. The summed E-state index contributed by atoms with van der Waals surface area (Å²) in [5.41, 5.74) is -0.161. The molecule has 2 aromatic rings. The van der Waals surface area contributed by atoms with Gasteiger partial charge in [0.2, 0.25) is 0 Å². The van der Waals surface area contributed by atoms with E-state index in [2.05, 4.69) is 15.5 Å². The van der Waals surface area contributed by atoms with Crippen LogP contribution in [0, 0.1) is 0 Å². The van der Waals surface area contributed by atoms with Crippen LogP contribution in [0.3, 0.4) is 0 Å². The van der Waals surface area contributed by atoms with E-state index in [1.54, 1.807) is 12.1 Å². The van der Waals surface area contributed by atoms with Crippen LogP contribution in [0.25, 0.3) is 0 Å². The van der Waals surface area contributed by atoms with Gasteiger partial charge >= 0.3 is 0 Å². The molecule has 0 unspecified atom stereocenters. The predicted molar refractivity (Wildman–Crippen MR) is 79.6 cm³/mol. The van der Waals surface area contributed by atoms with E-state index >= 15 is 0 Å². The smallest absolute Gasteiger partial charge is 0.258 e. The molecule has 0 atom stereocenters. The van der Waals surface area contributed by atoms with E-state index in [1.165, 1.54) is 0 Å². The monoisotopic (exact) mass is 327 g/mol. The number of nitrogens with zero attached hydrogens (tertiary/aromatic N) is 2. The molecular weight excluding hydrogens is 313 g/mol. The van der Waals surface area contributed by atoms with E-state index in [0.29, 0.717) is 35.1 Å². The van der Waals surface area contributed by atoms with Crippen molar-refractivity contribution in [2.75, 3.05) is 13.1 Å². The van der Waals surface area contributed by atoms with Gasteiger partial charge in [0.25, 0.3) is 5.89 Å². The lowest BCUT2D eigenvalue weighted by Crippen LogP contribution is -2.39. The van der Waals surface area contributed by atoms with Crippen molar-refractivity contribution in [2.24, 2.45) is 0 Å². The molecule has 2 heterocycles. The molecule has 1 saturated heterocycles. The van der Waals surface area contributed by atoms with Crippen LogP contribution in [0.15, 0.2) is 22.7 Å². The van der Waals surface area contributed by atoms with Crippen molar-refractivity contribution in [3.63, 3.8) is 0 Å². The number of piperidine rings is 1. The second-order valence-electron chi connectivity index (χ2n) is 5.21. The Bertz CT molecular complexity index is 639. The van der Waals surface area contributed by atoms with Gasteiger partial charge in [-0.3, -0.25) is 0 Å². The summed E-state index contributed by atoms with van der Waals surface area (Å²) in [5.74, 6) is 0.783. The quantitative estimate of drug-likeness (QED) is 0.906. The summed E-state index contributed by atoms with van der Waals surface area (Å²) >= 11 is 12.0. The molecule has 0 bridgehead atoms. The summed E-state index contributed by atoms with van der Waals surface area (Å²) in [4.78, 5) is 4.32. The predicted octanol–water partition coefficient (Wildman–Crippen LogP) is 2.54. The lowest BCUT2D eigenvalue weighted by molar-refractivity contribution is -0.0228. The molecule has 1 aliphatic rings. The number of benzene rings is 1. The van der Waals surface area contributed by atoms with E-state index in [1.807, 2.05) is 6.07 Å². The summed E-state index contributed by atoms with van der Waals surface area (Å²) in [6, 6.07) is 5.28. The third-order valence-corrected chi connectivity index (χ3v) is 4.25. The molecule has 0 aliphatic carbocycles. The van der Waals surface area contributed by atoms with Crippen LogP contribution < -0.4 is 5.32 Å². The molecule has 0 radical (unpaired) electrons. The number of hydrogen-bond donors (Lipinski definition) is 2. The van der Waals surface area contributed by atoms with Crippen molar-refractivity contribution < 1.29 is 9.63 Å². The molecule has 2 N–H and O–H groups in total. The topological polar surface area (TPSA) is 71.2 Å². The van der Waals surface area contributed by atoms with Crippen molar-refractivity contribution in [3.8, 4) is 0 Å². The van der Waals surface area contributed by atoms with Crippen LogP contribution in [0.5, 0.6) is 0 Å². The molecule has 112 valence electrons. The van der Waals surface area contributed by atoms with Gasteiger partial charge in [-0.15, -0.1) is 0 Å². The fourth-order valence-electron chi connectivity index (χ4n) is 2.40. The zero-order chi connectivity index (χ0) is 14.9. The molecule has 21 heavy (non-hydrogen) atoms. The standard InChI is InChI=1S/C14H15Cl2N3O2/c15-10-2-1-9(11(16)8-10)7-12-18-13(21-19-12)14(20)3-5-17-6-4-14/h1-2,8,17,20H,3-7H2. The SMILES string of the molecule is OC1(c2nc(Cc3ccc(Cl)cc3Cl)no2)CCNCC1. The molecule has 1 aliphatic heterocycles. The van der Waals surface area contributed by atoms with Gasteiger partial charge in [-0.05, 0) is 43.6 Å². The largest absolute Gasteiger partial charge is 0.380 e. The fraction of sp³-hybridized carbons (Fsp3) is 0.429. The molecule has 1 aromatic heterocycles. The van der Waals surface area contributed by atoms with Gasteiger partial charge in [0.05, 0.1) is 0 Å². The second kappa shape index (κ2) is 5.93. The van der Waals surface area contributed by atoms with Gasteiger partial charge in [0.1, 0.15) is 5.60 Å². The van der Waals surface area contributed by atoms with Gasteiger partial charge < -0.3 is 14.9 Å². The minimum atomic E-state index is -1.03. The van der Waals surface area contributed by atoms with Crippen molar-refractivity contribution in [3.05, 3.63) is 45.5 Å². The Morgan fingerprint density at radius 2 is 2.05 bits per heavy atom. The maximum atomic E-state index is 10.5. The maximum Gasteiger partial charge on any atom is 0.258 e. The number of aromatic nitrogens is 2. The molecule has 1 fully saturated rings. The fourth-order valence-corrected chi connectivity index (χ4v) is 2.88. The van der Waals surface area contributed by atoms with E-state index in [9.17, 15) is 5.11 Å². The highest BCUT2D eigenvalue weighted by Crippen LogP contribution is 2.29. The first-order valence-electron chi connectivity index (χ1n) is 6.77. The summed E-state index contributed by atoms with van der Waals surface area (Å²) in [6.45, 7) is 1.47. The Labute approximate surface area is 132 Å². The van der Waals surface area contributed by atoms with Gasteiger partial charge in [0, 0.05) is 16.5 Å². The zero-order valence-corrected chi connectivity index (χ0v) is 12.8. The van der Waals surface area contributed by atoms with E-state index in [0.717, 1.165) is 18.7 Å². The number of halogens is 2. The molecule has 0 saturated carbocycles. The van der Waals surface area contributed by atoms with Crippen molar-refractivity contribution in [1.29, 1.82) is 0 Å². The molecule has 7 heteroatoms. The van der Waals surface area contributed by atoms with Crippen molar-refractivity contribution >= 4 is 23.2 Å². The molecule has 0 spiro atoms. The molecule has 3 rings (SSSR count). The van der Waals surface area contributed by atoms with Crippen molar-refractivity contribution in [1.82, 2.24) is 15.5 Å². The van der Waals surface area contributed by atoms with Crippen LogP contribution in [0.4, 0.5) is 0 Å². The maximum absolute atomic E-state index is 10.5. The van der Waals surface area contributed by atoms with Crippen LogP contribution in [0.2, 0.25) is 10.0 Å². The number of nitrogens with one attached hydrogen (secondary N) is 1. The number of rotatable bonds is 3. The molecule has 1 aromatic carbocycles. The van der Waals surface area contributed by atoms with Crippen molar-refractivity contribution in [2.45, 2.75) is 24.9 Å². The molecule has 0 amide bonds. The van der Waals surface area contributed by atoms with Crippen LogP contribution in [0.1, 0.15) is 30.1 Å². The summed E-state index contributed by atoms with van der Waals surface area (Å²) in [6.07, 6.45) is 1.57. The molecule has 5 nitrogen and oxygen atoms in total. The van der Waals surface area contributed by atoms with Crippen LogP contribution in [-0.4, -0.2) is 28.3 Å². The number of aliphatic hydroxyl groups is 1. The molecular formula is C14H15Cl2N3O2. The van der Waals surface area contributed by atoms with E-state index in [-0.39, 0.29) is 5.89 Å². The van der Waals surface area contributed by atoms with Gasteiger partial charge in [-0.2, -0.15) is 4.98 Å². The van der Waals surface area contributed by atoms with Crippen LogP contribution >= 0.6 is 23.2 Å².